The number of esters is 1. The fourth-order valence-electron chi connectivity index (χ4n) is 1.42. The van der Waals surface area contributed by atoms with Crippen LogP contribution < -0.4 is 0 Å². The van der Waals surface area contributed by atoms with Crippen molar-refractivity contribution in [3.05, 3.63) is 0 Å². The number of carbonyl (C=O) groups is 2. The fraction of sp³-hybridized carbons (Fsp3) is 0.750. The predicted octanol–water partition coefficient (Wildman–Crippen LogP) is -0.246. The second-order valence-corrected chi connectivity index (χ2v) is 2.86. The Morgan fingerprint density at radius 3 is 2.85 bits per heavy atom. The minimum Gasteiger partial charge on any atom is -0.467 e. The van der Waals surface area contributed by atoms with Crippen molar-refractivity contribution >= 4 is 11.9 Å². The number of ether oxygens (including phenoxy) is 2. The van der Waals surface area contributed by atoms with Crippen LogP contribution in [0.1, 0.15) is 12.8 Å². The molecule has 1 fully saturated rings. The van der Waals surface area contributed by atoms with E-state index < -0.39 is 6.04 Å². The SMILES string of the molecule is COCN1C(=O)CCC1C(=O)OC. The summed E-state index contributed by atoms with van der Waals surface area (Å²) < 4.78 is 9.39. The number of hydrogen-bond acceptors (Lipinski definition) is 4. The van der Waals surface area contributed by atoms with Crippen molar-refractivity contribution in [3.63, 3.8) is 0 Å². The van der Waals surface area contributed by atoms with Gasteiger partial charge in [-0.05, 0) is 6.42 Å². The van der Waals surface area contributed by atoms with Crippen molar-refractivity contribution in [2.24, 2.45) is 0 Å². The first kappa shape index (κ1) is 9.98. The molecule has 0 spiro atoms. The van der Waals surface area contributed by atoms with Gasteiger partial charge < -0.3 is 14.4 Å². The van der Waals surface area contributed by atoms with Gasteiger partial charge in [-0.2, -0.15) is 0 Å². The number of amides is 1. The van der Waals surface area contributed by atoms with Gasteiger partial charge in [-0.3, -0.25) is 4.79 Å². The molecule has 0 aromatic rings. The van der Waals surface area contributed by atoms with Gasteiger partial charge in [-0.25, -0.2) is 4.79 Å². The maximum absolute atomic E-state index is 11.2. The summed E-state index contributed by atoms with van der Waals surface area (Å²) in [6.07, 6.45) is 0.915. The van der Waals surface area contributed by atoms with Gasteiger partial charge in [0.05, 0.1) is 7.11 Å². The van der Waals surface area contributed by atoms with Gasteiger partial charge in [0, 0.05) is 13.5 Å². The van der Waals surface area contributed by atoms with Crippen molar-refractivity contribution in [3.8, 4) is 0 Å². The van der Waals surface area contributed by atoms with E-state index in [4.69, 9.17) is 4.74 Å². The summed E-state index contributed by atoms with van der Waals surface area (Å²) in [5.41, 5.74) is 0. The quantitative estimate of drug-likeness (QED) is 0.572. The molecule has 1 rings (SSSR count). The molecule has 1 aliphatic rings. The Labute approximate surface area is 76.6 Å². The van der Waals surface area contributed by atoms with E-state index in [0.717, 1.165) is 0 Å². The van der Waals surface area contributed by atoms with Crippen LogP contribution in [0.2, 0.25) is 0 Å². The molecule has 0 N–H and O–H groups in total. The van der Waals surface area contributed by atoms with E-state index in [2.05, 4.69) is 4.74 Å². The van der Waals surface area contributed by atoms with Crippen molar-refractivity contribution in [2.45, 2.75) is 18.9 Å². The van der Waals surface area contributed by atoms with Crippen molar-refractivity contribution in [2.75, 3.05) is 21.0 Å². The normalized spacial score (nSPS) is 22.2. The largest absolute Gasteiger partial charge is 0.467 e. The maximum Gasteiger partial charge on any atom is 0.328 e. The monoisotopic (exact) mass is 187 g/mol. The van der Waals surface area contributed by atoms with Crippen LogP contribution in [0.15, 0.2) is 0 Å². The topological polar surface area (TPSA) is 55.8 Å². The Morgan fingerprint density at radius 1 is 1.62 bits per heavy atom. The molecular formula is C8H13NO4. The summed E-state index contributed by atoms with van der Waals surface area (Å²) in [7, 11) is 2.80. The molecule has 1 saturated heterocycles. The number of nitrogens with zero attached hydrogens (tertiary/aromatic N) is 1. The lowest BCUT2D eigenvalue weighted by Crippen LogP contribution is -2.40. The molecular weight excluding hydrogens is 174 g/mol. The van der Waals surface area contributed by atoms with Gasteiger partial charge in [0.25, 0.3) is 0 Å². The summed E-state index contributed by atoms with van der Waals surface area (Å²) >= 11 is 0. The third-order valence-electron chi connectivity index (χ3n) is 2.07. The zero-order valence-electron chi connectivity index (χ0n) is 7.78. The van der Waals surface area contributed by atoms with E-state index in [1.807, 2.05) is 0 Å². The van der Waals surface area contributed by atoms with Crippen molar-refractivity contribution in [1.82, 2.24) is 4.90 Å². The molecule has 1 atom stereocenters. The zero-order valence-corrected chi connectivity index (χ0v) is 7.78. The standard InChI is InChI=1S/C8H13NO4/c1-12-5-9-6(8(11)13-2)3-4-7(9)10/h6H,3-5H2,1-2H3. The van der Waals surface area contributed by atoms with Gasteiger partial charge in [-0.1, -0.05) is 0 Å². The van der Waals surface area contributed by atoms with E-state index in [-0.39, 0.29) is 18.6 Å². The predicted molar refractivity (Wildman–Crippen MR) is 43.8 cm³/mol. The average molecular weight is 187 g/mol. The third-order valence-corrected chi connectivity index (χ3v) is 2.07. The smallest absolute Gasteiger partial charge is 0.328 e. The first-order chi connectivity index (χ1) is 6.20. The van der Waals surface area contributed by atoms with Crippen LogP contribution >= 0.6 is 0 Å². The molecule has 0 saturated carbocycles. The van der Waals surface area contributed by atoms with E-state index in [9.17, 15) is 9.59 Å². The summed E-state index contributed by atoms with van der Waals surface area (Å²) in [5, 5.41) is 0. The second kappa shape index (κ2) is 4.23. The summed E-state index contributed by atoms with van der Waals surface area (Å²) in [5.74, 6) is -0.430. The summed E-state index contributed by atoms with van der Waals surface area (Å²) in [6, 6.07) is -0.461. The van der Waals surface area contributed by atoms with Crippen LogP contribution in [-0.2, 0) is 19.1 Å². The van der Waals surface area contributed by atoms with Gasteiger partial charge in [-0.15, -0.1) is 0 Å². The molecule has 13 heavy (non-hydrogen) atoms. The van der Waals surface area contributed by atoms with Crippen molar-refractivity contribution in [1.29, 1.82) is 0 Å². The molecule has 0 bridgehead atoms. The molecule has 74 valence electrons. The van der Waals surface area contributed by atoms with Crippen LogP contribution in [0.3, 0.4) is 0 Å². The Bertz CT molecular complexity index is 216. The molecule has 1 heterocycles. The zero-order chi connectivity index (χ0) is 9.84. The third kappa shape index (κ3) is 1.98. The highest BCUT2D eigenvalue weighted by molar-refractivity contribution is 5.88. The Kier molecular flexibility index (Phi) is 3.25. The van der Waals surface area contributed by atoms with E-state index in [0.29, 0.717) is 12.8 Å². The van der Waals surface area contributed by atoms with Crippen LogP contribution in [0.4, 0.5) is 0 Å². The first-order valence-electron chi connectivity index (χ1n) is 4.07. The van der Waals surface area contributed by atoms with Crippen LogP contribution in [0.5, 0.6) is 0 Å². The number of methoxy groups -OCH3 is 2. The number of rotatable bonds is 3. The molecule has 1 unspecified atom stereocenters. The van der Waals surface area contributed by atoms with Gasteiger partial charge in [0.2, 0.25) is 5.91 Å². The molecule has 0 radical (unpaired) electrons. The van der Waals surface area contributed by atoms with E-state index in [1.54, 1.807) is 0 Å². The fourth-order valence-corrected chi connectivity index (χ4v) is 1.42. The highest BCUT2D eigenvalue weighted by atomic mass is 16.5. The lowest BCUT2D eigenvalue weighted by Gasteiger charge is -2.21. The highest BCUT2D eigenvalue weighted by Gasteiger charge is 2.36. The van der Waals surface area contributed by atoms with Gasteiger partial charge >= 0.3 is 5.97 Å². The Morgan fingerprint density at radius 2 is 2.31 bits per heavy atom. The van der Waals surface area contributed by atoms with E-state index in [1.165, 1.54) is 19.1 Å². The van der Waals surface area contributed by atoms with Gasteiger partial charge in [0.15, 0.2) is 0 Å². The molecule has 5 heteroatoms. The number of carbonyl (C=O) groups excluding carboxylic acids is 2. The van der Waals surface area contributed by atoms with Crippen LogP contribution in [0, 0.1) is 0 Å². The lowest BCUT2D eigenvalue weighted by atomic mass is 10.2. The highest BCUT2D eigenvalue weighted by Crippen LogP contribution is 2.19. The van der Waals surface area contributed by atoms with E-state index >= 15 is 0 Å². The summed E-state index contributed by atoms with van der Waals surface area (Å²) in [4.78, 5) is 23.8. The molecule has 0 aromatic heterocycles. The van der Waals surface area contributed by atoms with Crippen molar-refractivity contribution < 1.29 is 19.1 Å². The van der Waals surface area contributed by atoms with Gasteiger partial charge in [0.1, 0.15) is 12.8 Å². The lowest BCUT2D eigenvalue weighted by molar-refractivity contribution is -0.152. The average Bonchev–Trinajstić information content (AvgIpc) is 2.48. The minimum atomic E-state index is -0.461. The molecule has 5 nitrogen and oxygen atoms in total. The Balaban J connectivity index is 2.63. The first-order valence-corrected chi connectivity index (χ1v) is 4.07. The Hall–Kier alpha value is -1.10. The van der Waals surface area contributed by atoms with Crippen LogP contribution in [-0.4, -0.2) is 43.8 Å². The molecule has 0 aromatic carbocycles. The number of hydrogen-bond donors (Lipinski definition) is 0. The maximum atomic E-state index is 11.2. The summed E-state index contributed by atoms with van der Waals surface area (Å²) in [6.45, 7) is 0.151. The molecule has 1 aliphatic heterocycles. The minimum absolute atomic E-state index is 0.0581. The van der Waals surface area contributed by atoms with Crippen LogP contribution in [0.25, 0.3) is 0 Å². The molecule has 0 aliphatic carbocycles. The number of likely N-dealkylation sites (tertiary alicyclic amines) is 1. The second-order valence-electron chi connectivity index (χ2n) is 2.86. The molecule has 1 amide bonds.